The molecular weight excluding hydrogens is 304 g/mol. The number of anilines is 1. The Kier molecular flexibility index (Phi) is 4.98. The van der Waals surface area contributed by atoms with E-state index in [1.54, 1.807) is 12.5 Å². The minimum absolute atomic E-state index is 0.00776. The van der Waals surface area contributed by atoms with Gasteiger partial charge >= 0.3 is 6.03 Å². The molecule has 1 fully saturated rings. The molecule has 0 saturated carbocycles. The third-order valence-corrected chi connectivity index (χ3v) is 4.46. The lowest BCUT2D eigenvalue weighted by Crippen LogP contribution is -2.44. The quantitative estimate of drug-likeness (QED) is 0.899. The van der Waals surface area contributed by atoms with Gasteiger partial charge in [0.25, 0.3) is 0 Å². The van der Waals surface area contributed by atoms with Crippen LogP contribution in [0.4, 0.5) is 10.6 Å². The van der Waals surface area contributed by atoms with Gasteiger partial charge in [0.2, 0.25) is 0 Å². The molecule has 2 aromatic rings. The number of pyridine rings is 1. The highest BCUT2D eigenvalue weighted by Gasteiger charge is 2.24. The number of hydrogen-bond donors (Lipinski definition) is 2. The van der Waals surface area contributed by atoms with Crippen molar-refractivity contribution in [3.8, 4) is 0 Å². The van der Waals surface area contributed by atoms with E-state index in [2.05, 4.69) is 20.3 Å². The van der Waals surface area contributed by atoms with E-state index in [9.17, 15) is 4.79 Å². The first-order chi connectivity index (χ1) is 11.6. The number of nitrogens with one attached hydrogen (secondary N) is 2. The maximum atomic E-state index is 12.4. The number of likely N-dealkylation sites (tertiary alicyclic amines) is 1. The molecule has 1 aliphatic rings. The first kappa shape index (κ1) is 16.3. The van der Waals surface area contributed by atoms with Gasteiger partial charge in [0.1, 0.15) is 5.82 Å². The molecular formula is C17H24N6O. The summed E-state index contributed by atoms with van der Waals surface area (Å²) in [4.78, 5) is 27.9. The van der Waals surface area contributed by atoms with E-state index in [1.165, 1.54) is 5.69 Å². The summed E-state index contributed by atoms with van der Waals surface area (Å²) in [5, 5.41) is 3.01. The second kappa shape index (κ2) is 7.33. The SMILES string of the molecule is CN(C)c1ncccc1CNC(=O)N1CCC(c2cnc[nH]2)CC1. The molecule has 24 heavy (non-hydrogen) atoms. The van der Waals surface area contributed by atoms with Crippen molar-refractivity contribution in [3.05, 3.63) is 42.1 Å². The highest BCUT2D eigenvalue weighted by Crippen LogP contribution is 2.26. The van der Waals surface area contributed by atoms with Crippen molar-refractivity contribution in [2.24, 2.45) is 0 Å². The molecule has 0 atom stereocenters. The van der Waals surface area contributed by atoms with Crippen LogP contribution in [0.1, 0.15) is 30.0 Å². The van der Waals surface area contributed by atoms with Gasteiger partial charge in [-0.1, -0.05) is 6.07 Å². The van der Waals surface area contributed by atoms with Crippen LogP contribution >= 0.6 is 0 Å². The lowest BCUT2D eigenvalue weighted by Gasteiger charge is -2.31. The van der Waals surface area contributed by atoms with Crippen LogP contribution in [-0.4, -0.2) is 53.1 Å². The first-order valence-corrected chi connectivity index (χ1v) is 8.27. The maximum absolute atomic E-state index is 12.4. The first-order valence-electron chi connectivity index (χ1n) is 8.27. The second-order valence-electron chi connectivity index (χ2n) is 6.31. The zero-order valence-electron chi connectivity index (χ0n) is 14.2. The van der Waals surface area contributed by atoms with Gasteiger partial charge < -0.3 is 20.1 Å². The second-order valence-corrected chi connectivity index (χ2v) is 6.31. The van der Waals surface area contributed by atoms with Crippen molar-refractivity contribution in [2.45, 2.75) is 25.3 Å². The van der Waals surface area contributed by atoms with Gasteiger partial charge in [-0.15, -0.1) is 0 Å². The van der Waals surface area contributed by atoms with E-state index in [0.29, 0.717) is 12.5 Å². The van der Waals surface area contributed by atoms with E-state index >= 15 is 0 Å². The fourth-order valence-electron chi connectivity index (χ4n) is 3.14. The Hall–Kier alpha value is -2.57. The molecule has 0 bridgehead atoms. The predicted octanol–water partition coefficient (Wildman–Crippen LogP) is 1.96. The third-order valence-electron chi connectivity index (χ3n) is 4.46. The predicted molar refractivity (Wildman–Crippen MR) is 92.9 cm³/mol. The van der Waals surface area contributed by atoms with E-state index < -0.39 is 0 Å². The molecule has 2 amide bonds. The number of rotatable bonds is 4. The zero-order chi connectivity index (χ0) is 16.9. The standard InChI is InChI=1S/C17H24N6O/c1-22(2)16-14(4-3-7-19-16)10-20-17(24)23-8-5-13(6-9-23)15-11-18-12-21-15/h3-4,7,11-13H,5-6,8-10H2,1-2H3,(H,18,21)(H,20,24). The van der Waals surface area contributed by atoms with Gasteiger partial charge in [-0.25, -0.2) is 14.8 Å². The Morgan fingerprint density at radius 3 is 2.88 bits per heavy atom. The number of amides is 2. The van der Waals surface area contributed by atoms with Crippen LogP contribution in [0.25, 0.3) is 0 Å². The van der Waals surface area contributed by atoms with Crippen molar-refractivity contribution >= 4 is 11.8 Å². The van der Waals surface area contributed by atoms with Crippen LogP contribution in [0, 0.1) is 0 Å². The van der Waals surface area contributed by atoms with Gasteiger partial charge in [0.15, 0.2) is 0 Å². The van der Waals surface area contributed by atoms with Crippen molar-refractivity contribution in [3.63, 3.8) is 0 Å². The van der Waals surface area contributed by atoms with E-state index in [0.717, 1.165) is 37.3 Å². The summed E-state index contributed by atoms with van der Waals surface area (Å²) in [6.45, 7) is 2.02. The summed E-state index contributed by atoms with van der Waals surface area (Å²) in [5.74, 6) is 1.35. The van der Waals surface area contributed by atoms with Crippen LogP contribution in [-0.2, 0) is 6.54 Å². The summed E-state index contributed by atoms with van der Waals surface area (Å²) in [6.07, 6.45) is 7.29. The molecule has 3 rings (SSSR count). The summed E-state index contributed by atoms with van der Waals surface area (Å²) in [6, 6.07) is 3.88. The maximum Gasteiger partial charge on any atom is 0.317 e. The van der Waals surface area contributed by atoms with Crippen LogP contribution in [0.3, 0.4) is 0 Å². The molecule has 1 saturated heterocycles. The topological polar surface area (TPSA) is 77.2 Å². The monoisotopic (exact) mass is 328 g/mol. The Labute approximate surface area is 142 Å². The molecule has 7 heteroatoms. The number of carbonyl (C=O) groups is 1. The van der Waals surface area contributed by atoms with Crippen molar-refractivity contribution in [1.29, 1.82) is 0 Å². The lowest BCUT2D eigenvalue weighted by molar-refractivity contribution is 0.180. The Balaban J connectivity index is 1.52. The van der Waals surface area contributed by atoms with Crippen molar-refractivity contribution < 1.29 is 4.79 Å². The molecule has 0 radical (unpaired) electrons. The third kappa shape index (κ3) is 3.67. The molecule has 0 unspecified atom stereocenters. The lowest BCUT2D eigenvalue weighted by atomic mass is 9.94. The number of nitrogens with zero attached hydrogens (tertiary/aromatic N) is 4. The molecule has 0 spiro atoms. The van der Waals surface area contributed by atoms with E-state index in [1.807, 2.05) is 42.2 Å². The number of urea groups is 1. The normalized spacial score (nSPS) is 15.3. The largest absolute Gasteiger partial charge is 0.362 e. The molecule has 7 nitrogen and oxygen atoms in total. The van der Waals surface area contributed by atoms with E-state index in [4.69, 9.17) is 0 Å². The van der Waals surface area contributed by atoms with Crippen LogP contribution < -0.4 is 10.2 Å². The van der Waals surface area contributed by atoms with Crippen LogP contribution in [0.2, 0.25) is 0 Å². The highest BCUT2D eigenvalue weighted by atomic mass is 16.2. The summed E-state index contributed by atoms with van der Waals surface area (Å²) >= 11 is 0. The molecule has 2 N–H and O–H groups in total. The fourth-order valence-corrected chi connectivity index (χ4v) is 3.14. The number of carbonyl (C=O) groups excluding carboxylic acids is 1. The number of piperidine rings is 1. The molecule has 128 valence electrons. The van der Waals surface area contributed by atoms with Crippen molar-refractivity contribution in [2.75, 3.05) is 32.1 Å². The summed E-state index contributed by atoms with van der Waals surface area (Å²) in [5.41, 5.74) is 2.18. The zero-order valence-corrected chi connectivity index (χ0v) is 14.2. The number of hydrogen-bond acceptors (Lipinski definition) is 4. The smallest absolute Gasteiger partial charge is 0.317 e. The molecule has 1 aliphatic heterocycles. The highest BCUT2D eigenvalue weighted by molar-refractivity contribution is 5.74. The van der Waals surface area contributed by atoms with Gasteiger partial charge in [-0.3, -0.25) is 0 Å². The summed E-state index contributed by atoms with van der Waals surface area (Å²) in [7, 11) is 3.90. The number of H-pyrrole nitrogens is 1. The number of aromatic nitrogens is 3. The molecule has 0 aromatic carbocycles. The van der Waals surface area contributed by atoms with E-state index in [-0.39, 0.29) is 6.03 Å². The van der Waals surface area contributed by atoms with Gasteiger partial charge in [0.05, 0.1) is 6.33 Å². The van der Waals surface area contributed by atoms with Gasteiger partial charge in [-0.05, 0) is 18.9 Å². The Morgan fingerprint density at radius 1 is 1.42 bits per heavy atom. The number of aromatic amines is 1. The Bertz CT molecular complexity index is 661. The average Bonchev–Trinajstić information content (AvgIpc) is 3.14. The molecule has 2 aromatic heterocycles. The number of imidazole rings is 1. The van der Waals surface area contributed by atoms with Gasteiger partial charge in [-0.2, -0.15) is 0 Å². The van der Waals surface area contributed by atoms with Crippen LogP contribution in [0.15, 0.2) is 30.9 Å². The molecule has 3 heterocycles. The average molecular weight is 328 g/mol. The minimum Gasteiger partial charge on any atom is -0.362 e. The molecule has 0 aliphatic carbocycles. The summed E-state index contributed by atoms with van der Waals surface area (Å²) < 4.78 is 0. The van der Waals surface area contributed by atoms with Gasteiger partial charge in [0, 0.05) is 63.3 Å². The van der Waals surface area contributed by atoms with Crippen LogP contribution in [0.5, 0.6) is 0 Å². The Morgan fingerprint density at radius 2 is 2.21 bits per heavy atom. The minimum atomic E-state index is -0.00776. The van der Waals surface area contributed by atoms with Crippen molar-refractivity contribution in [1.82, 2.24) is 25.2 Å². The fraction of sp³-hybridized carbons (Fsp3) is 0.471.